The van der Waals surface area contributed by atoms with Gasteiger partial charge in [-0.2, -0.15) is 0 Å². The van der Waals surface area contributed by atoms with Crippen LogP contribution >= 0.6 is 0 Å². The number of aryl methyl sites for hydroxylation is 1. The highest BCUT2D eigenvalue weighted by atomic mass is 16.5. The van der Waals surface area contributed by atoms with E-state index in [-0.39, 0.29) is 25.2 Å². The van der Waals surface area contributed by atoms with Crippen molar-refractivity contribution in [3.8, 4) is 5.75 Å². The molecule has 0 aliphatic carbocycles. The molecule has 2 unspecified atom stereocenters. The number of ether oxygens (including phenoxy) is 1. The first-order valence-corrected chi connectivity index (χ1v) is 6.71. The third-order valence-electron chi connectivity index (χ3n) is 3.77. The summed E-state index contributed by atoms with van der Waals surface area (Å²) in [4.78, 5) is 13.8. The minimum Gasteiger partial charge on any atom is -0.484 e. The van der Waals surface area contributed by atoms with Gasteiger partial charge >= 0.3 is 0 Å². The first-order valence-electron chi connectivity index (χ1n) is 6.71. The molecule has 4 heteroatoms. The van der Waals surface area contributed by atoms with E-state index < -0.39 is 0 Å². The van der Waals surface area contributed by atoms with Crippen molar-refractivity contribution in [2.24, 2.45) is 5.92 Å². The summed E-state index contributed by atoms with van der Waals surface area (Å²) in [5.41, 5.74) is 1.16. The number of benzene rings is 1. The van der Waals surface area contributed by atoms with E-state index in [1.54, 1.807) is 4.90 Å². The number of aliphatic hydroxyl groups is 1. The molecule has 1 aromatic carbocycles. The van der Waals surface area contributed by atoms with Crippen molar-refractivity contribution in [1.29, 1.82) is 0 Å². The van der Waals surface area contributed by atoms with E-state index in [4.69, 9.17) is 4.74 Å². The van der Waals surface area contributed by atoms with Crippen molar-refractivity contribution >= 4 is 5.91 Å². The van der Waals surface area contributed by atoms with E-state index in [0.29, 0.717) is 18.2 Å². The monoisotopic (exact) mass is 263 g/mol. The Morgan fingerprint density at radius 1 is 1.42 bits per heavy atom. The lowest BCUT2D eigenvalue weighted by molar-refractivity contribution is -0.135. The zero-order chi connectivity index (χ0) is 13.8. The molecule has 1 heterocycles. The maximum Gasteiger partial charge on any atom is 0.260 e. The van der Waals surface area contributed by atoms with Gasteiger partial charge in [0.05, 0.1) is 12.6 Å². The molecule has 1 aromatic rings. The summed E-state index contributed by atoms with van der Waals surface area (Å²) in [5.74, 6) is 1.00. The highest BCUT2D eigenvalue weighted by Gasteiger charge is 2.33. The molecule has 2 atom stereocenters. The van der Waals surface area contributed by atoms with Crippen LogP contribution in [0.3, 0.4) is 0 Å². The Labute approximate surface area is 114 Å². The first kappa shape index (κ1) is 13.9. The standard InChI is InChI=1S/C15H21NO3/c1-11-3-5-13(6-4-11)19-10-15(18)16-8-7-12(2)14(16)9-17/h3-6,12,14,17H,7-10H2,1-2H3. The summed E-state index contributed by atoms with van der Waals surface area (Å²) < 4.78 is 5.49. The second-order valence-corrected chi connectivity index (χ2v) is 5.20. The lowest BCUT2D eigenvalue weighted by Gasteiger charge is -2.25. The van der Waals surface area contributed by atoms with Gasteiger partial charge in [-0.25, -0.2) is 0 Å². The van der Waals surface area contributed by atoms with Gasteiger partial charge in [-0.05, 0) is 31.4 Å². The lowest BCUT2D eigenvalue weighted by Crippen LogP contribution is -2.42. The minimum absolute atomic E-state index is 0.0252. The van der Waals surface area contributed by atoms with Crippen molar-refractivity contribution in [1.82, 2.24) is 4.90 Å². The number of carbonyl (C=O) groups excluding carboxylic acids is 1. The van der Waals surface area contributed by atoms with E-state index in [2.05, 4.69) is 6.92 Å². The summed E-state index contributed by atoms with van der Waals surface area (Å²) in [5, 5.41) is 9.34. The van der Waals surface area contributed by atoms with Gasteiger partial charge in [0.2, 0.25) is 0 Å². The molecule has 1 aliphatic rings. The normalized spacial score (nSPS) is 22.6. The SMILES string of the molecule is Cc1ccc(OCC(=O)N2CCC(C)C2CO)cc1. The Balaban J connectivity index is 1.89. The van der Waals surface area contributed by atoms with E-state index in [1.807, 2.05) is 31.2 Å². The molecule has 104 valence electrons. The van der Waals surface area contributed by atoms with Crippen LogP contribution in [0.15, 0.2) is 24.3 Å². The molecule has 0 aromatic heterocycles. The second-order valence-electron chi connectivity index (χ2n) is 5.20. The number of carbonyl (C=O) groups is 1. The molecule has 1 amide bonds. The van der Waals surface area contributed by atoms with Crippen molar-refractivity contribution < 1.29 is 14.6 Å². The largest absolute Gasteiger partial charge is 0.484 e. The molecule has 0 spiro atoms. The zero-order valence-electron chi connectivity index (χ0n) is 11.5. The smallest absolute Gasteiger partial charge is 0.260 e. The molecule has 2 rings (SSSR count). The van der Waals surface area contributed by atoms with E-state index in [0.717, 1.165) is 12.0 Å². The van der Waals surface area contributed by atoms with Gasteiger partial charge in [-0.1, -0.05) is 24.6 Å². The number of hydrogen-bond acceptors (Lipinski definition) is 3. The Morgan fingerprint density at radius 2 is 2.11 bits per heavy atom. The molecule has 0 radical (unpaired) electrons. The van der Waals surface area contributed by atoms with E-state index in [1.165, 1.54) is 0 Å². The summed E-state index contributed by atoms with van der Waals surface area (Å²) in [6, 6.07) is 7.56. The fourth-order valence-electron chi connectivity index (χ4n) is 2.46. The number of nitrogens with zero attached hydrogens (tertiary/aromatic N) is 1. The fourth-order valence-corrected chi connectivity index (χ4v) is 2.46. The molecule has 1 N–H and O–H groups in total. The molecule has 0 saturated carbocycles. The minimum atomic E-state index is -0.0610. The van der Waals surface area contributed by atoms with Crippen molar-refractivity contribution in [2.75, 3.05) is 19.8 Å². The van der Waals surface area contributed by atoms with Crippen LogP contribution in [0.25, 0.3) is 0 Å². The summed E-state index contributed by atoms with van der Waals surface area (Å²) in [6.45, 7) is 4.84. The highest BCUT2D eigenvalue weighted by Crippen LogP contribution is 2.23. The van der Waals surface area contributed by atoms with Crippen LogP contribution in [-0.2, 0) is 4.79 Å². The van der Waals surface area contributed by atoms with Gasteiger partial charge in [-0.3, -0.25) is 4.79 Å². The van der Waals surface area contributed by atoms with Crippen LogP contribution in [0.2, 0.25) is 0 Å². The number of rotatable bonds is 4. The average molecular weight is 263 g/mol. The Hall–Kier alpha value is -1.55. The third kappa shape index (κ3) is 3.26. The zero-order valence-corrected chi connectivity index (χ0v) is 11.5. The maximum absolute atomic E-state index is 12.1. The summed E-state index contributed by atoms with van der Waals surface area (Å²) >= 11 is 0. The van der Waals surface area contributed by atoms with Crippen molar-refractivity contribution in [3.05, 3.63) is 29.8 Å². The van der Waals surface area contributed by atoms with Crippen LogP contribution in [0, 0.1) is 12.8 Å². The average Bonchev–Trinajstić information content (AvgIpc) is 2.79. The number of amides is 1. The Bertz CT molecular complexity index is 430. The Morgan fingerprint density at radius 3 is 2.74 bits per heavy atom. The fraction of sp³-hybridized carbons (Fsp3) is 0.533. The number of aliphatic hydroxyl groups excluding tert-OH is 1. The van der Waals surface area contributed by atoms with Gasteiger partial charge < -0.3 is 14.7 Å². The molecular weight excluding hydrogens is 242 g/mol. The number of hydrogen-bond donors (Lipinski definition) is 1. The van der Waals surface area contributed by atoms with Crippen LogP contribution in [0.1, 0.15) is 18.9 Å². The van der Waals surface area contributed by atoms with Gasteiger partial charge in [-0.15, -0.1) is 0 Å². The molecular formula is C15H21NO3. The van der Waals surface area contributed by atoms with Crippen LogP contribution in [-0.4, -0.2) is 41.7 Å². The van der Waals surface area contributed by atoms with Gasteiger partial charge in [0, 0.05) is 6.54 Å². The van der Waals surface area contributed by atoms with Gasteiger partial charge in [0.15, 0.2) is 6.61 Å². The molecule has 1 fully saturated rings. The maximum atomic E-state index is 12.1. The summed E-state index contributed by atoms with van der Waals surface area (Å²) in [6.07, 6.45) is 0.946. The third-order valence-corrected chi connectivity index (χ3v) is 3.77. The highest BCUT2D eigenvalue weighted by molar-refractivity contribution is 5.78. The van der Waals surface area contributed by atoms with Gasteiger partial charge in [0.25, 0.3) is 5.91 Å². The molecule has 19 heavy (non-hydrogen) atoms. The molecule has 0 bridgehead atoms. The van der Waals surface area contributed by atoms with Crippen molar-refractivity contribution in [3.63, 3.8) is 0 Å². The van der Waals surface area contributed by atoms with Crippen LogP contribution < -0.4 is 4.74 Å². The predicted octanol–water partition coefficient (Wildman–Crippen LogP) is 1.60. The van der Waals surface area contributed by atoms with Crippen LogP contribution in [0.5, 0.6) is 5.75 Å². The molecule has 4 nitrogen and oxygen atoms in total. The van der Waals surface area contributed by atoms with Crippen molar-refractivity contribution in [2.45, 2.75) is 26.3 Å². The lowest BCUT2D eigenvalue weighted by atomic mass is 10.0. The van der Waals surface area contributed by atoms with Gasteiger partial charge in [0.1, 0.15) is 5.75 Å². The first-order chi connectivity index (χ1) is 9.11. The Kier molecular flexibility index (Phi) is 4.43. The molecule has 1 aliphatic heterocycles. The van der Waals surface area contributed by atoms with E-state index >= 15 is 0 Å². The topological polar surface area (TPSA) is 49.8 Å². The second kappa shape index (κ2) is 6.06. The predicted molar refractivity (Wildman–Crippen MR) is 73.0 cm³/mol. The quantitative estimate of drug-likeness (QED) is 0.897. The van der Waals surface area contributed by atoms with Crippen LogP contribution in [0.4, 0.5) is 0 Å². The van der Waals surface area contributed by atoms with E-state index in [9.17, 15) is 9.90 Å². The summed E-state index contributed by atoms with van der Waals surface area (Å²) in [7, 11) is 0. The molecule has 1 saturated heterocycles. The number of likely N-dealkylation sites (tertiary alicyclic amines) is 1.